The first-order valence-corrected chi connectivity index (χ1v) is 16.0. The zero-order chi connectivity index (χ0) is 26.9. The third-order valence-electron chi connectivity index (χ3n) is 6.06. The first kappa shape index (κ1) is 36.0. The van der Waals surface area contributed by atoms with Crippen LogP contribution in [0.2, 0.25) is 0 Å². The first-order valence-electron chi connectivity index (χ1n) is 13.2. The molecule has 0 aliphatic heterocycles. The smallest absolute Gasteiger partial charge is 0.744 e. The second-order valence-corrected chi connectivity index (χ2v) is 12.0. The van der Waals surface area contributed by atoms with E-state index in [1.807, 2.05) is 0 Å². The molecule has 0 aliphatic rings. The Balaban J connectivity index is 0.000000682. The van der Waals surface area contributed by atoms with Gasteiger partial charge in [0.05, 0.1) is 9.79 Å². The molecule has 0 bridgehead atoms. The van der Waals surface area contributed by atoms with Crippen LogP contribution in [0, 0.1) is 0 Å². The van der Waals surface area contributed by atoms with Gasteiger partial charge in [0.2, 0.25) is 0 Å². The van der Waals surface area contributed by atoms with Crippen molar-refractivity contribution >= 4 is 43.3 Å². The second-order valence-electron chi connectivity index (χ2n) is 9.23. The minimum atomic E-state index is -4.31. The van der Waals surface area contributed by atoms with Gasteiger partial charge in [-0.15, -0.1) is 0 Å². The van der Waals surface area contributed by atoms with Crippen LogP contribution < -0.4 is 0 Å². The summed E-state index contributed by atoms with van der Waals surface area (Å²) in [5, 5.41) is 0. The quantitative estimate of drug-likeness (QED) is 0.129. The van der Waals surface area contributed by atoms with E-state index in [9.17, 15) is 25.9 Å². The molecule has 2 aromatic carbocycles. The van der Waals surface area contributed by atoms with Gasteiger partial charge in [0.25, 0.3) is 0 Å². The van der Waals surface area contributed by atoms with Crippen LogP contribution in [0.5, 0.6) is 0 Å². The zero-order valence-electron chi connectivity index (χ0n) is 22.5. The number of aryl methyl sites for hydroxylation is 2. The average molecular weight is 563 g/mol. The van der Waals surface area contributed by atoms with Crippen LogP contribution in [0.1, 0.15) is 102 Å². The van der Waals surface area contributed by atoms with Gasteiger partial charge in [-0.05, 0) is 61.1 Å². The molecule has 0 spiro atoms. The maximum absolute atomic E-state index is 10.7. The third kappa shape index (κ3) is 17.3. The summed E-state index contributed by atoms with van der Waals surface area (Å²) in [5.41, 5.74) is 2.19. The Morgan fingerprint density at radius 1 is 0.486 bits per heavy atom. The predicted octanol–water partition coefficient (Wildman–Crippen LogP) is 6.61. The van der Waals surface area contributed by atoms with Crippen LogP contribution in [0.25, 0.3) is 0 Å². The van der Waals surface area contributed by atoms with Crippen molar-refractivity contribution in [1.82, 2.24) is 0 Å². The van der Waals surface area contributed by atoms with Crippen LogP contribution >= 0.6 is 0 Å². The number of hydrogen-bond donors (Lipinski definition) is 0. The minimum absolute atomic E-state index is 0. The van der Waals surface area contributed by atoms with Crippen molar-refractivity contribution in [2.45, 2.75) is 114 Å². The number of rotatable bonds is 16. The van der Waals surface area contributed by atoms with E-state index in [1.54, 1.807) is 24.3 Å². The van der Waals surface area contributed by atoms with E-state index >= 15 is 0 Å². The van der Waals surface area contributed by atoms with Crippen molar-refractivity contribution in [2.24, 2.45) is 0 Å². The summed E-state index contributed by atoms with van der Waals surface area (Å²) in [6, 6.07) is 12.5. The molecule has 9 heteroatoms. The molecule has 0 radical (unpaired) electrons. The van der Waals surface area contributed by atoms with Crippen LogP contribution in [-0.2, 0) is 33.1 Å². The van der Waals surface area contributed by atoms with Gasteiger partial charge in [-0.3, -0.25) is 0 Å². The van der Waals surface area contributed by atoms with Crippen molar-refractivity contribution in [2.75, 3.05) is 0 Å². The standard InChI is InChI=1S/2C14H22O3S.Mg/c2*1-2-3-4-5-6-7-8-13-9-11-14(12-10-13)18(15,16)17;/h2*9-12H,2-8H2,1H3,(H,15,16,17);/q;;+2/p-2. The Hall–Kier alpha value is -0.974. The topological polar surface area (TPSA) is 114 Å². The summed E-state index contributed by atoms with van der Waals surface area (Å²) in [7, 11) is -8.61. The van der Waals surface area contributed by atoms with Gasteiger partial charge in [0, 0.05) is 0 Å². The molecular formula is C28H42MgO6S2. The Kier molecular flexibility index (Phi) is 19.5. The summed E-state index contributed by atoms with van der Waals surface area (Å²) in [5.74, 6) is 0. The van der Waals surface area contributed by atoms with Gasteiger partial charge >= 0.3 is 23.1 Å². The fraction of sp³-hybridized carbons (Fsp3) is 0.571. The molecule has 2 rings (SSSR count). The summed E-state index contributed by atoms with van der Waals surface area (Å²) in [6.07, 6.45) is 16.8. The molecular weight excluding hydrogens is 521 g/mol. The molecule has 0 saturated carbocycles. The molecule has 0 amide bonds. The summed E-state index contributed by atoms with van der Waals surface area (Å²) >= 11 is 0. The van der Waals surface area contributed by atoms with Crippen LogP contribution in [-0.4, -0.2) is 49.0 Å². The Morgan fingerprint density at radius 3 is 1.03 bits per heavy atom. The normalized spacial score (nSPS) is 11.4. The van der Waals surface area contributed by atoms with E-state index in [0.29, 0.717) is 0 Å². The second kappa shape index (κ2) is 20.0. The van der Waals surface area contributed by atoms with E-state index < -0.39 is 20.2 Å². The summed E-state index contributed by atoms with van der Waals surface area (Å²) in [6.45, 7) is 4.40. The Bertz CT molecular complexity index is 963. The van der Waals surface area contributed by atoms with E-state index in [-0.39, 0.29) is 32.8 Å². The van der Waals surface area contributed by atoms with Gasteiger partial charge in [0.15, 0.2) is 0 Å². The van der Waals surface area contributed by atoms with Crippen molar-refractivity contribution < 1.29 is 25.9 Å². The van der Waals surface area contributed by atoms with E-state index in [2.05, 4.69) is 13.8 Å². The zero-order valence-corrected chi connectivity index (χ0v) is 25.5. The fourth-order valence-electron chi connectivity index (χ4n) is 3.86. The number of benzene rings is 2. The van der Waals surface area contributed by atoms with Crippen LogP contribution in [0.4, 0.5) is 0 Å². The SMILES string of the molecule is CCCCCCCCc1ccc(S(=O)(=O)[O-])cc1.CCCCCCCCc1ccc(S(=O)(=O)[O-])cc1.[Mg+2]. The molecule has 6 nitrogen and oxygen atoms in total. The van der Waals surface area contributed by atoms with Crippen molar-refractivity contribution in [3.05, 3.63) is 59.7 Å². The largest absolute Gasteiger partial charge is 2.00 e. The molecule has 0 unspecified atom stereocenters. The summed E-state index contributed by atoms with van der Waals surface area (Å²) < 4.78 is 64.5. The molecule has 0 saturated heterocycles. The molecule has 2 aromatic rings. The minimum Gasteiger partial charge on any atom is -0.744 e. The third-order valence-corrected chi connectivity index (χ3v) is 7.76. The number of hydrogen-bond acceptors (Lipinski definition) is 6. The molecule has 0 atom stereocenters. The Morgan fingerprint density at radius 2 is 0.757 bits per heavy atom. The summed E-state index contributed by atoms with van der Waals surface area (Å²) in [4.78, 5) is -0.289. The molecule has 0 aliphatic carbocycles. The number of unbranched alkanes of at least 4 members (excludes halogenated alkanes) is 10. The molecule has 0 aromatic heterocycles. The molecule has 0 heterocycles. The molecule has 0 N–H and O–H groups in total. The average Bonchev–Trinajstić information content (AvgIpc) is 2.83. The van der Waals surface area contributed by atoms with E-state index in [1.165, 1.54) is 88.5 Å². The monoisotopic (exact) mass is 562 g/mol. The van der Waals surface area contributed by atoms with Crippen LogP contribution in [0.15, 0.2) is 58.3 Å². The fourth-order valence-corrected chi connectivity index (χ4v) is 4.80. The maximum atomic E-state index is 10.7. The van der Waals surface area contributed by atoms with Crippen molar-refractivity contribution in [3.63, 3.8) is 0 Å². The van der Waals surface area contributed by atoms with Gasteiger partial charge in [-0.25, -0.2) is 16.8 Å². The molecule has 0 fully saturated rings. The first-order chi connectivity index (χ1) is 17.1. The molecule has 37 heavy (non-hydrogen) atoms. The van der Waals surface area contributed by atoms with E-state index in [0.717, 1.165) is 36.8 Å². The van der Waals surface area contributed by atoms with Gasteiger partial charge < -0.3 is 9.11 Å². The molecule has 204 valence electrons. The van der Waals surface area contributed by atoms with Crippen LogP contribution in [0.3, 0.4) is 0 Å². The van der Waals surface area contributed by atoms with Crippen molar-refractivity contribution in [3.8, 4) is 0 Å². The Labute approximate surface area is 241 Å². The van der Waals surface area contributed by atoms with Gasteiger partial charge in [-0.1, -0.05) is 102 Å². The van der Waals surface area contributed by atoms with E-state index in [4.69, 9.17) is 0 Å². The predicted molar refractivity (Wildman–Crippen MR) is 149 cm³/mol. The maximum Gasteiger partial charge on any atom is 2.00 e. The van der Waals surface area contributed by atoms with Gasteiger partial charge in [0.1, 0.15) is 20.2 Å². The van der Waals surface area contributed by atoms with Crippen molar-refractivity contribution in [1.29, 1.82) is 0 Å². The van der Waals surface area contributed by atoms with Gasteiger partial charge in [-0.2, -0.15) is 0 Å².